The van der Waals surface area contributed by atoms with Crippen LogP contribution in [0.2, 0.25) is 0 Å². The van der Waals surface area contributed by atoms with Gasteiger partial charge in [-0.25, -0.2) is 0 Å². The standard InChI is InChI=1S/C25H30N4O3S/c1-17-13-29(14-18(2)31-17)15-21-10-8-20(9-11-21)12-26-25(30)22-6-4-5-7-23(22)33-16-24-27-19(3)32-28-24/h4-11,17-18H,12-16H2,1-3H3,(H,26,30). The number of morpholine rings is 1. The van der Waals surface area contributed by atoms with Crippen LogP contribution in [-0.4, -0.2) is 46.2 Å². The summed E-state index contributed by atoms with van der Waals surface area (Å²) >= 11 is 1.52. The van der Waals surface area contributed by atoms with E-state index >= 15 is 0 Å². The Morgan fingerprint density at radius 1 is 1.09 bits per heavy atom. The molecule has 8 heteroatoms. The molecule has 2 aromatic carbocycles. The predicted molar refractivity (Wildman–Crippen MR) is 128 cm³/mol. The Morgan fingerprint density at radius 3 is 2.48 bits per heavy atom. The summed E-state index contributed by atoms with van der Waals surface area (Å²) in [5.41, 5.74) is 2.99. The Balaban J connectivity index is 1.30. The summed E-state index contributed by atoms with van der Waals surface area (Å²) in [5.74, 6) is 1.61. The zero-order valence-corrected chi connectivity index (χ0v) is 20.1. The number of amides is 1. The van der Waals surface area contributed by atoms with Crippen LogP contribution in [0.5, 0.6) is 0 Å². The molecule has 1 N–H and O–H groups in total. The average molecular weight is 467 g/mol. The van der Waals surface area contributed by atoms with Gasteiger partial charge in [0.05, 0.1) is 23.5 Å². The van der Waals surface area contributed by atoms with E-state index in [-0.39, 0.29) is 18.1 Å². The number of aromatic nitrogens is 2. The zero-order valence-electron chi connectivity index (χ0n) is 19.3. The van der Waals surface area contributed by atoms with Gasteiger partial charge in [-0.05, 0) is 37.1 Å². The lowest BCUT2D eigenvalue weighted by Gasteiger charge is -2.35. The van der Waals surface area contributed by atoms with Gasteiger partial charge in [0.15, 0.2) is 5.82 Å². The van der Waals surface area contributed by atoms with Gasteiger partial charge >= 0.3 is 0 Å². The Hall–Kier alpha value is -2.68. The summed E-state index contributed by atoms with van der Waals surface area (Å²) in [6, 6.07) is 16.0. The molecule has 0 saturated carbocycles. The molecule has 1 aromatic heterocycles. The molecule has 2 heterocycles. The largest absolute Gasteiger partial charge is 0.373 e. The maximum atomic E-state index is 12.9. The molecule has 1 fully saturated rings. The van der Waals surface area contributed by atoms with Gasteiger partial charge in [0.1, 0.15) is 0 Å². The molecule has 1 aliphatic heterocycles. The monoisotopic (exact) mass is 466 g/mol. The van der Waals surface area contributed by atoms with Crippen molar-refractivity contribution in [2.75, 3.05) is 13.1 Å². The van der Waals surface area contributed by atoms with Crippen LogP contribution in [0.15, 0.2) is 57.9 Å². The summed E-state index contributed by atoms with van der Waals surface area (Å²) < 4.78 is 10.8. The van der Waals surface area contributed by atoms with Gasteiger partial charge in [-0.15, -0.1) is 11.8 Å². The minimum Gasteiger partial charge on any atom is -0.373 e. The van der Waals surface area contributed by atoms with E-state index in [0.29, 0.717) is 29.6 Å². The van der Waals surface area contributed by atoms with E-state index in [9.17, 15) is 4.79 Å². The second-order valence-electron chi connectivity index (χ2n) is 8.47. The Morgan fingerprint density at radius 2 is 1.79 bits per heavy atom. The molecule has 1 saturated heterocycles. The number of nitrogens with zero attached hydrogens (tertiary/aromatic N) is 3. The first kappa shape index (κ1) is 23.5. The topological polar surface area (TPSA) is 80.5 Å². The van der Waals surface area contributed by atoms with E-state index in [4.69, 9.17) is 9.26 Å². The highest BCUT2D eigenvalue weighted by Gasteiger charge is 2.22. The van der Waals surface area contributed by atoms with Crippen molar-refractivity contribution in [3.05, 3.63) is 76.9 Å². The molecule has 0 bridgehead atoms. The first-order valence-corrected chi connectivity index (χ1v) is 12.2. The van der Waals surface area contributed by atoms with Gasteiger partial charge in [0, 0.05) is 38.0 Å². The molecule has 1 aliphatic rings. The number of carbonyl (C=O) groups is 1. The quantitative estimate of drug-likeness (QED) is 0.498. The van der Waals surface area contributed by atoms with Crippen LogP contribution in [-0.2, 0) is 23.6 Å². The van der Waals surface area contributed by atoms with Gasteiger partial charge in [0.25, 0.3) is 5.91 Å². The number of rotatable bonds is 8. The van der Waals surface area contributed by atoms with Crippen molar-refractivity contribution in [3.63, 3.8) is 0 Å². The van der Waals surface area contributed by atoms with Gasteiger partial charge < -0.3 is 14.6 Å². The number of nitrogens with one attached hydrogen (secondary N) is 1. The zero-order chi connectivity index (χ0) is 23.2. The number of hydrogen-bond acceptors (Lipinski definition) is 7. The Labute approximate surface area is 198 Å². The SMILES string of the molecule is Cc1nc(CSc2ccccc2C(=O)NCc2ccc(CN3CC(C)OC(C)C3)cc2)no1. The molecular weight excluding hydrogens is 436 g/mol. The van der Waals surface area contributed by atoms with E-state index in [1.54, 1.807) is 6.92 Å². The van der Waals surface area contributed by atoms with Gasteiger partial charge in [-0.1, -0.05) is 41.6 Å². The smallest absolute Gasteiger partial charge is 0.252 e. The highest BCUT2D eigenvalue weighted by molar-refractivity contribution is 7.98. The highest BCUT2D eigenvalue weighted by atomic mass is 32.2. The van der Waals surface area contributed by atoms with Crippen LogP contribution >= 0.6 is 11.8 Å². The molecule has 0 aliphatic carbocycles. The van der Waals surface area contributed by atoms with Crippen molar-refractivity contribution in [2.45, 2.75) is 56.7 Å². The molecule has 2 unspecified atom stereocenters. The van der Waals surface area contributed by atoms with E-state index in [2.05, 4.69) is 58.5 Å². The molecule has 0 spiro atoms. The van der Waals surface area contributed by atoms with Crippen LogP contribution < -0.4 is 5.32 Å². The number of aryl methyl sites for hydroxylation is 1. The molecule has 3 aromatic rings. The molecule has 174 valence electrons. The lowest BCUT2D eigenvalue weighted by atomic mass is 10.1. The number of thioether (sulfide) groups is 1. The van der Waals surface area contributed by atoms with Crippen molar-refractivity contribution in [3.8, 4) is 0 Å². The van der Waals surface area contributed by atoms with E-state index < -0.39 is 0 Å². The highest BCUT2D eigenvalue weighted by Crippen LogP contribution is 2.25. The van der Waals surface area contributed by atoms with Crippen LogP contribution in [0.3, 0.4) is 0 Å². The lowest BCUT2D eigenvalue weighted by molar-refractivity contribution is -0.0704. The van der Waals surface area contributed by atoms with Crippen molar-refractivity contribution in [1.29, 1.82) is 0 Å². The molecule has 0 radical (unpaired) electrons. The summed E-state index contributed by atoms with van der Waals surface area (Å²) in [6.45, 7) is 9.30. The molecule has 7 nitrogen and oxygen atoms in total. The van der Waals surface area contributed by atoms with Crippen LogP contribution in [0.1, 0.15) is 47.0 Å². The van der Waals surface area contributed by atoms with E-state index in [1.165, 1.54) is 17.3 Å². The van der Waals surface area contributed by atoms with Crippen molar-refractivity contribution >= 4 is 17.7 Å². The average Bonchev–Trinajstić information content (AvgIpc) is 3.21. The fourth-order valence-corrected chi connectivity index (χ4v) is 4.93. The summed E-state index contributed by atoms with van der Waals surface area (Å²) in [7, 11) is 0. The number of benzene rings is 2. The maximum absolute atomic E-state index is 12.9. The summed E-state index contributed by atoms with van der Waals surface area (Å²) in [5, 5.41) is 6.96. The minimum absolute atomic E-state index is 0.0947. The first-order valence-electron chi connectivity index (χ1n) is 11.2. The second-order valence-corrected chi connectivity index (χ2v) is 9.48. The third-order valence-corrected chi connectivity index (χ3v) is 6.51. The normalized spacial score (nSPS) is 18.9. The second kappa shape index (κ2) is 11.0. The van der Waals surface area contributed by atoms with E-state index in [0.717, 1.165) is 30.1 Å². The van der Waals surface area contributed by atoms with Crippen LogP contribution in [0, 0.1) is 6.92 Å². The van der Waals surface area contributed by atoms with Gasteiger partial charge in [0.2, 0.25) is 5.89 Å². The number of ether oxygens (including phenoxy) is 1. The van der Waals surface area contributed by atoms with Gasteiger partial charge in [-0.3, -0.25) is 9.69 Å². The number of carbonyl (C=O) groups excluding carboxylic acids is 1. The lowest BCUT2D eigenvalue weighted by Crippen LogP contribution is -2.44. The Kier molecular flexibility index (Phi) is 7.80. The first-order chi connectivity index (χ1) is 16.0. The van der Waals surface area contributed by atoms with Gasteiger partial charge in [-0.2, -0.15) is 4.98 Å². The van der Waals surface area contributed by atoms with E-state index in [1.807, 2.05) is 24.3 Å². The fraction of sp³-hybridized carbons (Fsp3) is 0.400. The van der Waals surface area contributed by atoms with Crippen LogP contribution in [0.25, 0.3) is 0 Å². The summed E-state index contributed by atoms with van der Waals surface area (Å²) in [6.07, 6.45) is 0.529. The number of hydrogen-bond donors (Lipinski definition) is 1. The third kappa shape index (κ3) is 6.66. The summed E-state index contributed by atoms with van der Waals surface area (Å²) in [4.78, 5) is 20.4. The van der Waals surface area contributed by atoms with Crippen LogP contribution in [0.4, 0.5) is 0 Å². The minimum atomic E-state index is -0.0947. The fourth-order valence-electron chi connectivity index (χ4n) is 4.03. The maximum Gasteiger partial charge on any atom is 0.252 e. The molecule has 4 rings (SSSR count). The van der Waals surface area contributed by atoms with Crippen molar-refractivity contribution < 1.29 is 14.1 Å². The molecule has 33 heavy (non-hydrogen) atoms. The Bertz CT molecular complexity index is 1060. The third-order valence-electron chi connectivity index (χ3n) is 5.44. The van der Waals surface area contributed by atoms with Crippen molar-refractivity contribution in [2.24, 2.45) is 0 Å². The predicted octanol–water partition coefficient (Wildman–Crippen LogP) is 4.21. The molecular formula is C25H30N4O3S. The van der Waals surface area contributed by atoms with Crippen molar-refractivity contribution in [1.82, 2.24) is 20.4 Å². The molecule has 2 atom stereocenters. The molecule has 1 amide bonds.